The molecule has 2 saturated heterocycles. The van der Waals surface area contributed by atoms with Crippen LogP contribution in [-0.2, 0) is 33.6 Å². The molecular weight excluding hydrogens is 432 g/mol. The van der Waals surface area contributed by atoms with Crippen LogP contribution >= 0.6 is 0 Å². The van der Waals surface area contributed by atoms with Crippen LogP contribution in [0.2, 0.25) is 0 Å². The molecule has 2 fully saturated rings. The lowest BCUT2D eigenvalue weighted by atomic mass is 10.1. The van der Waals surface area contributed by atoms with Gasteiger partial charge in [-0.3, -0.25) is 4.68 Å². The lowest BCUT2D eigenvalue weighted by molar-refractivity contribution is 0.0231. The molecule has 172 valence electrons. The second kappa shape index (κ2) is 8.87. The Morgan fingerprint density at radius 1 is 1.34 bits per heavy atom. The maximum atomic E-state index is 12.7. The van der Waals surface area contributed by atoms with E-state index < -0.39 is 11.2 Å². The van der Waals surface area contributed by atoms with E-state index in [2.05, 4.69) is 10.00 Å². The van der Waals surface area contributed by atoms with Gasteiger partial charge >= 0.3 is 5.97 Å². The van der Waals surface area contributed by atoms with Gasteiger partial charge in [-0.1, -0.05) is 0 Å². The highest BCUT2D eigenvalue weighted by atomic mass is 32.2. The number of anilines is 2. The van der Waals surface area contributed by atoms with Crippen molar-refractivity contribution in [1.82, 2.24) is 19.7 Å². The predicted octanol–water partition coefficient (Wildman–Crippen LogP) is 1.02. The van der Waals surface area contributed by atoms with Crippen LogP contribution in [0.3, 0.4) is 0 Å². The Morgan fingerprint density at radius 3 is 2.84 bits per heavy atom. The maximum Gasteiger partial charge on any atom is 0.341 e. The Bertz CT molecular complexity index is 989. The molecule has 3 aliphatic rings. The third-order valence-corrected chi connectivity index (χ3v) is 7.78. The zero-order valence-corrected chi connectivity index (χ0v) is 19.2. The number of aromatic nitrogens is 4. The van der Waals surface area contributed by atoms with Gasteiger partial charge in [0.25, 0.3) is 0 Å². The first-order valence-corrected chi connectivity index (χ1v) is 12.4. The first kappa shape index (κ1) is 21.5. The first-order chi connectivity index (χ1) is 15.5. The van der Waals surface area contributed by atoms with Crippen molar-refractivity contribution in [2.45, 2.75) is 49.8 Å². The summed E-state index contributed by atoms with van der Waals surface area (Å²) in [4.78, 5) is 26.8. The largest absolute Gasteiger partial charge is 0.611 e. The van der Waals surface area contributed by atoms with E-state index in [0.29, 0.717) is 49.4 Å². The molecule has 10 nitrogen and oxygen atoms in total. The molecule has 0 aromatic carbocycles. The molecule has 5 rings (SSSR count). The molecular formula is C21H28N6O4S. The summed E-state index contributed by atoms with van der Waals surface area (Å²) in [6, 6.07) is 0.308. The van der Waals surface area contributed by atoms with Gasteiger partial charge in [0.15, 0.2) is 5.82 Å². The molecule has 2 aromatic rings. The molecule has 0 radical (unpaired) electrons. The summed E-state index contributed by atoms with van der Waals surface area (Å²) in [5.74, 6) is 1.61. The fourth-order valence-electron chi connectivity index (χ4n) is 4.33. The van der Waals surface area contributed by atoms with Gasteiger partial charge in [-0.05, 0) is 30.9 Å². The van der Waals surface area contributed by atoms with Crippen LogP contribution in [0.5, 0.6) is 0 Å². The molecule has 11 heteroatoms. The van der Waals surface area contributed by atoms with E-state index in [1.807, 2.05) is 18.9 Å². The number of ether oxygens (including phenoxy) is 2. The summed E-state index contributed by atoms with van der Waals surface area (Å²) < 4.78 is 25.5. The SMILES string of the molecule is CCn1cc(C(=O)OC2CN(c3nc4c(c(N(C)C5CCOCC5)n3)[S+]([O-])CC4)C2)cn1. The van der Waals surface area contributed by atoms with Crippen LogP contribution in [0, 0.1) is 0 Å². The van der Waals surface area contributed by atoms with Gasteiger partial charge in [0, 0.05) is 45.5 Å². The molecule has 0 aliphatic carbocycles. The van der Waals surface area contributed by atoms with Crippen molar-refractivity contribution < 1.29 is 18.8 Å². The zero-order chi connectivity index (χ0) is 22.2. The van der Waals surface area contributed by atoms with E-state index in [-0.39, 0.29) is 12.1 Å². The summed E-state index contributed by atoms with van der Waals surface area (Å²) in [5.41, 5.74) is 1.33. The number of fused-ring (bicyclic) bond motifs is 1. The highest BCUT2D eigenvalue weighted by Gasteiger charge is 2.38. The fraction of sp³-hybridized carbons (Fsp3) is 0.619. The minimum absolute atomic E-state index is 0.213. The van der Waals surface area contributed by atoms with E-state index in [1.54, 1.807) is 10.9 Å². The summed E-state index contributed by atoms with van der Waals surface area (Å²) in [5, 5.41) is 4.12. The number of rotatable bonds is 6. The van der Waals surface area contributed by atoms with Gasteiger partial charge in [0.2, 0.25) is 10.8 Å². The summed E-state index contributed by atoms with van der Waals surface area (Å²) >= 11 is -1.07. The highest BCUT2D eigenvalue weighted by molar-refractivity contribution is 7.91. The first-order valence-electron chi connectivity index (χ1n) is 11.1. The predicted molar refractivity (Wildman–Crippen MR) is 119 cm³/mol. The number of carbonyl (C=O) groups excluding carboxylic acids is 1. The average molecular weight is 461 g/mol. The second-order valence-electron chi connectivity index (χ2n) is 8.39. The lowest BCUT2D eigenvalue weighted by Crippen LogP contribution is -2.54. The van der Waals surface area contributed by atoms with Crippen molar-refractivity contribution in [2.75, 3.05) is 48.9 Å². The number of hydrogen-bond acceptors (Lipinski definition) is 9. The Hall–Kier alpha value is -2.37. The Kier molecular flexibility index (Phi) is 5.95. The lowest BCUT2D eigenvalue weighted by Gasteiger charge is -2.39. The second-order valence-corrected chi connectivity index (χ2v) is 9.90. The molecule has 3 aliphatic heterocycles. The van der Waals surface area contributed by atoms with E-state index in [1.165, 1.54) is 6.20 Å². The Balaban J connectivity index is 1.29. The molecule has 0 saturated carbocycles. The van der Waals surface area contributed by atoms with Gasteiger partial charge in [-0.2, -0.15) is 10.1 Å². The third-order valence-electron chi connectivity index (χ3n) is 6.33. The number of aryl methyl sites for hydroxylation is 2. The smallest absolute Gasteiger partial charge is 0.341 e. The van der Waals surface area contributed by atoms with E-state index >= 15 is 0 Å². The van der Waals surface area contributed by atoms with Crippen molar-refractivity contribution in [1.29, 1.82) is 0 Å². The van der Waals surface area contributed by atoms with Crippen LogP contribution < -0.4 is 9.80 Å². The molecule has 1 atom stereocenters. The zero-order valence-electron chi connectivity index (χ0n) is 18.4. The molecule has 0 amide bonds. The topological polar surface area (TPSA) is 109 Å². The van der Waals surface area contributed by atoms with Crippen LogP contribution in [0.15, 0.2) is 17.3 Å². The van der Waals surface area contributed by atoms with E-state index in [0.717, 1.165) is 42.5 Å². The van der Waals surface area contributed by atoms with Gasteiger partial charge in [0.05, 0.1) is 24.8 Å². The van der Waals surface area contributed by atoms with Crippen LogP contribution in [-0.4, -0.2) is 81.5 Å². The van der Waals surface area contributed by atoms with Crippen molar-refractivity contribution in [3.05, 3.63) is 23.7 Å². The van der Waals surface area contributed by atoms with Crippen molar-refractivity contribution >= 4 is 28.9 Å². The third kappa shape index (κ3) is 4.04. The van der Waals surface area contributed by atoms with Gasteiger partial charge in [0.1, 0.15) is 17.6 Å². The minimum Gasteiger partial charge on any atom is -0.611 e. The van der Waals surface area contributed by atoms with Gasteiger partial charge in [-0.25, -0.2) is 9.78 Å². The molecule has 2 aromatic heterocycles. The molecule has 32 heavy (non-hydrogen) atoms. The number of nitrogens with zero attached hydrogens (tertiary/aromatic N) is 6. The Morgan fingerprint density at radius 2 is 2.12 bits per heavy atom. The summed E-state index contributed by atoms with van der Waals surface area (Å²) in [7, 11) is 2.02. The molecule has 0 N–H and O–H groups in total. The van der Waals surface area contributed by atoms with Crippen molar-refractivity contribution in [3.8, 4) is 0 Å². The highest BCUT2D eigenvalue weighted by Crippen LogP contribution is 2.36. The van der Waals surface area contributed by atoms with Crippen LogP contribution in [0.25, 0.3) is 0 Å². The fourth-order valence-corrected chi connectivity index (χ4v) is 5.71. The van der Waals surface area contributed by atoms with Gasteiger partial charge < -0.3 is 23.8 Å². The monoisotopic (exact) mass is 460 g/mol. The minimum atomic E-state index is -1.07. The van der Waals surface area contributed by atoms with Gasteiger partial charge in [-0.15, -0.1) is 0 Å². The van der Waals surface area contributed by atoms with Crippen molar-refractivity contribution in [3.63, 3.8) is 0 Å². The van der Waals surface area contributed by atoms with E-state index in [9.17, 15) is 9.35 Å². The normalized spacial score (nSPS) is 21.3. The quantitative estimate of drug-likeness (QED) is 0.461. The molecule has 0 spiro atoms. The summed E-state index contributed by atoms with van der Waals surface area (Å²) in [6.45, 7) is 5.20. The number of esters is 1. The Labute approximate surface area is 190 Å². The van der Waals surface area contributed by atoms with Crippen molar-refractivity contribution in [2.24, 2.45) is 0 Å². The summed E-state index contributed by atoms with van der Waals surface area (Å²) in [6.07, 6.45) is 5.56. The maximum absolute atomic E-state index is 12.7. The van der Waals surface area contributed by atoms with Crippen LogP contribution in [0.1, 0.15) is 35.8 Å². The van der Waals surface area contributed by atoms with E-state index in [4.69, 9.17) is 19.4 Å². The van der Waals surface area contributed by atoms with Crippen LogP contribution in [0.4, 0.5) is 11.8 Å². The standard InChI is InChI=1S/C21H28N6O4S/c1-3-27-11-14(10-22-27)20(28)31-16-12-26(13-16)21-23-17-6-9-32(29)18(17)19(24-21)25(2)15-4-7-30-8-5-15/h10-11,15-16H,3-9,12-13H2,1-2H3. The number of carbonyl (C=O) groups is 1. The molecule has 5 heterocycles. The molecule has 0 bridgehead atoms. The molecule has 1 unspecified atom stereocenters. The number of hydrogen-bond donors (Lipinski definition) is 0. The average Bonchev–Trinajstić information content (AvgIpc) is 3.42.